The molecule has 1 amide bonds. The molecule has 0 radical (unpaired) electrons. The van der Waals surface area contributed by atoms with Gasteiger partial charge < -0.3 is 4.90 Å². The van der Waals surface area contributed by atoms with E-state index in [4.69, 9.17) is 23.2 Å². The van der Waals surface area contributed by atoms with Crippen molar-refractivity contribution in [3.05, 3.63) is 58.1 Å². The molecule has 0 aliphatic rings. The Kier molecular flexibility index (Phi) is 6.28. The molecule has 11 heteroatoms. The first-order chi connectivity index (χ1) is 12.4. The van der Waals surface area contributed by atoms with Crippen molar-refractivity contribution in [2.75, 3.05) is 18.3 Å². The standard InChI is InChI=1S/C16H13Cl2F3N2O3S/c1-23(9-16(19,20)21)15(24)10-2-7-13(18)14(8-10)27(25,26)22-12-5-3-11(17)4-6-12/h2-8,22H,9H2,1H3. The van der Waals surface area contributed by atoms with Crippen LogP contribution < -0.4 is 4.72 Å². The summed E-state index contributed by atoms with van der Waals surface area (Å²) in [6.07, 6.45) is -4.58. The van der Waals surface area contributed by atoms with Crippen molar-refractivity contribution in [1.82, 2.24) is 4.90 Å². The van der Waals surface area contributed by atoms with Gasteiger partial charge in [0.1, 0.15) is 11.4 Å². The summed E-state index contributed by atoms with van der Waals surface area (Å²) in [5.74, 6) is -0.994. The van der Waals surface area contributed by atoms with E-state index >= 15 is 0 Å². The second-order valence-electron chi connectivity index (χ2n) is 5.53. The van der Waals surface area contributed by atoms with Crippen LogP contribution in [0.25, 0.3) is 0 Å². The molecule has 0 spiro atoms. The maximum atomic E-state index is 12.5. The lowest BCUT2D eigenvalue weighted by Gasteiger charge is -2.19. The molecule has 0 saturated heterocycles. The van der Waals surface area contributed by atoms with Gasteiger partial charge in [0.2, 0.25) is 0 Å². The zero-order valence-electron chi connectivity index (χ0n) is 13.7. The number of halogens is 5. The number of hydrogen-bond donors (Lipinski definition) is 1. The lowest BCUT2D eigenvalue weighted by atomic mass is 10.2. The molecule has 1 N–H and O–H groups in total. The predicted molar refractivity (Wildman–Crippen MR) is 96.7 cm³/mol. The van der Waals surface area contributed by atoms with Crippen molar-refractivity contribution < 1.29 is 26.4 Å². The Labute approximate surface area is 163 Å². The smallest absolute Gasteiger partial charge is 0.333 e. The second-order valence-corrected chi connectivity index (χ2v) is 8.03. The topological polar surface area (TPSA) is 66.5 Å². The minimum atomic E-state index is -4.58. The summed E-state index contributed by atoms with van der Waals surface area (Å²) in [6.45, 7) is -1.47. The van der Waals surface area contributed by atoms with E-state index in [1.807, 2.05) is 0 Å². The fraction of sp³-hybridized carbons (Fsp3) is 0.188. The largest absolute Gasteiger partial charge is 0.406 e. The van der Waals surface area contributed by atoms with Crippen LogP contribution in [0.3, 0.4) is 0 Å². The molecule has 0 atom stereocenters. The minimum Gasteiger partial charge on any atom is -0.333 e. The average molecular weight is 441 g/mol. The van der Waals surface area contributed by atoms with Gasteiger partial charge >= 0.3 is 6.18 Å². The van der Waals surface area contributed by atoms with E-state index in [0.717, 1.165) is 25.2 Å². The van der Waals surface area contributed by atoms with Gasteiger partial charge in [0.15, 0.2) is 0 Å². The highest BCUT2D eigenvalue weighted by atomic mass is 35.5. The zero-order valence-corrected chi connectivity index (χ0v) is 16.0. The van der Waals surface area contributed by atoms with E-state index in [9.17, 15) is 26.4 Å². The highest BCUT2D eigenvalue weighted by molar-refractivity contribution is 7.92. The Bertz CT molecular complexity index is 948. The number of carbonyl (C=O) groups excluding carboxylic acids is 1. The molecular formula is C16H13Cl2F3N2O3S. The maximum absolute atomic E-state index is 12.5. The fourth-order valence-corrected chi connectivity index (χ4v) is 3.84. The fourth-order valence-electron chi connectivity index (χ4n) is 2.13. The average Bonchev–Trinajstić information content (AvgIpc) is 2.55. The van der Waals surface area contributed by atoms with Gasteiger partial charge in [-0.15, -0.1) is 0 Å². The van der Waals surface area contributed by atoms with E-state index in [0.29, 0.717) is 9.92 Å². The third kappa shape index (κ3) is 5.75. The first-order valence-corrected chi connectivity index (χ1v) is 9.53. The number of nitrogens with zero attached hydrogens (tertiary/aromatic N) is 1. The number of benzene rings is 2. The van der Waals surface area contributed by atoms with Gasteiger partial charge in [-0.1, -0.05) is 23.2 Å². The predicted octanol–water partition coefficient (Wildman–Crippen LogP) is 4.43. The molecule has 0 aliphatic carbocycles. The van der Waals surface area contributed by atoms with Crippen LogP contribution in [-0.4, -0.2) is 39.0 Å². The van der Waals surface area contributed by atoms with E-state index in [1.54, 1.807) is 0 Å². The van der Waals surface area contributed by atoms with Crippen molar-refractivity contribution in [3.8, 4) is 0 Å². The SMILES string of the molecule is CN(CC(F)(F)F)C(=O)c1ccc(Cl)c(S(=O)(=O)Nc2ccc(Cl)cc2)c1. The number of carbonyl (C=O) groups is 1. The summed E-state index contributed by atoms with van der Waals surface area (Å²) >= 11 is 11.7. The Balaban J connectivity index is 2.33. The van der Waals surface area contributed by atoms with Gasteiger partial charge in [-0.05, 0) is 42.5 Å². The van der Waals surface area contributed by atoms with Crippen LogP contribution in [0.5, 0.6) is 0 Å². The van der Waals surface area contributed by atoms with Crippen LogP contribution in [0, 0.1) is 0 Å². The number of sulfonamides is 1. The summed E-state index contributed by atoms with van der Waals surface area (Å²) in [5.41, 5.74) is -0.0518. The van der Waals surface area contributed by atoms with Crippen LogP contribution in [0.4, 0.5) is 18.9 Å². The highest BCUT2D eigenvalue weighted by Gasteiger charge is 2.32. The lowest BCUT2D eigenvalue weighted by Crippen LogP contribution is -2.35. The molecule has 5 nitrogen and oxygen atoms in total. The molecule has 0 fully saturated rings. The van der Waals surface area contributed by atoms with Crippen molar-refractivity contribution in [1.29, 1.82) is 0 Å². The van der Waals surface area contributed by atoms with E-state index in [2.05, 4.69) is 4.72 Å². The highest BCUT2D eigenvalue weighted by Crippen LogP contribution is 2.26. The minimum absolute atomic E-state index is 0.188. The zero-order chi connectivity index (χ0) is 20.4. The molecule has 146 valence electrons. The quantitative estimate of drug-likeness (QED) is 0.747. The van der Waals surface area contributed by atoms with Gasteiger partial charge in [-0.2, -0.15) is 13.2 Å². The molecule has 0 aliphatic heterocycles. The lowest BCUT2D eigenvalue weighted by molar-refractivity contribution is -0.138. The number of rotatable bonds is 5. The summed E-state index contributed by atoms with van der Waals surface area (Å²) in [7, 11) is -3.23. The summed E-state index contributed by atoms with van der Waals surface area (Å²) in [5, 5.41) is 0.211. The van der Waals surface area contributed by atoms with E-state index in [-0.39, 0.29) is 16.3 Å². The van der Waals surface area contributed by atoms with Gasteiger partial charge in [-0.3, -0.25) is 9.52 Å². The third-order valence-electron chi connectivity index (χ3n) is 3.33. The second kappa shape index (κ2) is 7.95. The molecule has 2 rings (SSSR count). The summed E-state index contributed by atoms with van der Waals surface area (Å²) < 4.78 is 64.7. The Morgan fingerprint density at radius 2 is 1.70 bits per heavy atom. The Morgan fingerprint density at radius 1 is 1.11 bits per heavy atom. The van der Waals surface area contributed by atoms with Crippen LogP contribution in [0.2, 0.25) is 10.0 Å². The summed E-state index contributed by atoms with van der Waals surface area (Å²) in [4.78, 5) is 12.2. The monoisotopic (exact) mass is 440 g/mol. The molecule has 0 aromatic heterocycles. The third-order valence-corrected chi connectivity index (χ3v) is 5.44. The molecule has 2 aromatic rings. The first kappa shape index (κ1) is 21.3. The normalized spacial score (nSPS) is 11.9. The summed E-state index contributed by atoms with van der Waals surface area (Å²) in [6, 6.07) is 8.97. The maximum Gasteiger partial charge on any atom is 0.406 e. The molecule has 0 bridgehead atoms. The number of hydrogen-bond acceptors (Lipinski definition) is 3. The number of amides is 1. The molecule has 27 heavy (non-hydrogen) atoms. The van der Waals surface area contributed by atoms with Crippen LogP contribution in [0.1, 0.15) is 10.4 Å². The molecule has 2 aromatic carbocycles. The molecular weight excluding hydrogens is 428 g/mol. The van der Waals surface area contributed by atoms with Gasteiger partial charge in [0.05, 0.1) is 5.02 Å². The Morgan fingerprint density at radius 3 is 2.26 bits per heavy atom. The van der Waals surface area contributed by atoms with Gasteiger partial charge in [0, 0.05) is 23.3 Å². The number of anilines is 1. The van der Waals surface area contributed by atoms with Crippen molar-refractivity contribution in [2.45, 2.75) is 11.1 Å². The number of alkyl halides is 3. The molecule has 0 saturated carbocycles. The Hall–Kier alpha value is -1.97. The first-order valence-electron chi connectivity index (χ1n) is 7.29. The number of nitrogens with one attached hydrogen (secondary N) is 1. The molecule has 0 heterocycles. The van der Waals surface area contributed by atoms with Crippen LogP contribution in [0.15, 0.2) is 47.4 Å². The van der Waals surface area contributed by atoms with Crippen molar-refractivity contribution in [2.24, 2.45) is 0 Å². The van der Waals surface area contributed by atoms with Gasteiger partial charge in [-0.25, -0.2) is 8.42 Å². The van der Waals surface area contributed by atoms with E-state index in [1.165, 1.54) is 24.3 Å². The van der Waals surface area contributed by atoms with Gasteiger partial charge in [0.25, 0.3) is 15.9 Å². The van der Waals surface area contributed by atoms with Crippen molar-refractivity contribution in [3.63, 3.8) is 0 Å². The van der Waals surface area contributed by atoms with Crippen molar-refractivity contribution >= 4 is 44.8 Å². The van der Waals surface area contributed by atoms with Crippen LogP contribution >= 0.6 is 23.2 Å². The van der Waals surface area contributed by atoms with E-state index < -0.39 is 33.5 Å². The van der Waals surface area contributed by atoms with Crippen LogP contribution in [-0.2, 0) is 10.0 Å². The molecule has 0 unspecified atom stereocenters.